The summed E-state index contributed by atoms with van der Waals surface area (Å²) < 4.78 is 6.10. The number of rotatable bonds is 6. The van der Waals surface area contributed by atoms with Crippen LogP contribution in [0.1, 0.15) is 22.7 Å². The van der Waals surface area contributed by atoms with Gasteiger partial charge in [-0.3, -0.25) is 9.69 Å². The highest BCUT2D eigenvalue weighted by molar-refractivity contribution is 7.22. The van der Waals surface area contributed by atoms with Gasteiger partial charge in [0.05, 0.1) is 15.9 Å². The molecule has 0 spiro atoms. The first-order valence-corrected chi connectivity index (χ1v) is 9.09. The van der Waals surface area contributed by atoms with Gasteiger partial charge in [-0.05, 0) is 52.2 Å². The van der Waals surface area contributed by atoms with Crippen molar-refractivity contribution in [2.75, 3.05) is 32.1 Å². The molecule has 0 saturated carbocycles. The van der Waals surface area contributed by atoms with E-state index in [2.05, 4.69) is 15.0 Å². The van der Waals surface area contributed by atoms with Crippen molar-refractivity contribution >= 4 is 56.6 Å². The van der Waals surface area contributed by atoms with Crippen LogP contribution in [0.2, 0.25) is 5.02 Å². The van der Waals surface area contributed by atoms with Crippen LogP contribution in [0.3, 0.4) is 0 Å². The number of anilines is 1. The zero-order chi connectivity index (χ0) is 18.0. The van der Waals surface area contributed by atoms with E-state index in [1.165, 1.54) is 11.3 Å². The minimum Gasteiger partial charge on any atom is -0.351 e. The third-order valence-corrected chi connectivity index (χ3v) is 4.92. The summed E-state index contributed by atoms with van der Waals surface area (Å²) in [5.41, 5.74) is 1.50. The normalized spacial score (nSPS) is 11.0. The van der Waals surface area contributed by atoms with Crippen molar-refractivity contribution in [2.24, 2.45) is 0 Å². The van der Waals surface area contributed by atoms with Gasteiger partial charge in [-0.15, -0.1) is 12.4 Å². The third-order valence-electron chi connectivity index (χ3n) is 3.64. The molecule has 1 amide bonds. The second-order valence-electron chi connectivity index (χ2n) is 6.05. The Hall–Kier alpha value is -1.67. The van der Waals surface area contributed by atoms with Gasteiger partial charge in [-0.2, -0.15) is 0 Å². The van der Waals surface area contributed by atoms with E-state index in [1.54, 1.807) is 24.0 Å². The lowest BCUT2D eigenvalue weighted by atomic mass is 10.3. The summed E-state index contributed by atoms with van der Waals surface area (Å²) in [6.07, 6.45) is 0.822. The van der Waals surface area contributed by atoms with Crippen molar-refractivity contribution < 1.29 is 9.32 Å². The number of amides is 1. The topological polar surface area (TPSA) is 62.5 Å². The Morgan fingerprint density at radius 3 is 2.69 bits per heavy atom. The Bertz CT molecular complexity index is 894. The largest absolute Gasteiger partial charge is 0.351 e. The molecule has 0 radical (unpaired) electrons. The highest BCUT2D eigenvalue weighted by Crippen LogP contribution is 2.31. The fourth-order valence-electron chi connectivity index (χ4n) is 2.43. The van der Waals surface area contributed by atoms with E-state index in [0.29, 0.717) is 22.4 Å². The summed E-state index contributed by atoms with van der Waals surface area (Å²) in [6.45, 7) is 3.20. The molecular formula is C17H20Cl2N4O2S. The Kier molecular flexibility index (Phi) is 7.00. The SMILES string of the molecule is Cc1cc(C(=O)N(CCCN(C)C)c2nc3ccc(Cl)cc3s2)on1.Cl. The van der Waals surface area contributed by atoms with Gasteiger partial charge in [0.15, 0.2) is 5.13 Å². The first kappa shape index (κ1) is 20.6. The minimum absolute atomic E-state index is 0. The van der Waals surface area contributed by atoms with Gasteiger partial charge in [-0.1, -0.05) is 28.1 Å². The number of aromatic nitrogens is 2. The number of carbonyl (C=O) groups is 1. The van der Waals surface area contributed by atoms with Gasteiger partial charge in [0.1, 0.15) is 0 Å². The summed E-state index contributed by atoms with van der Waals surface area (Å²) in [5.74, 6) is -0.0100. The van der Waals surface area contributed by atoms with E-state index in [4.69, 9.17) is 16.1 Å². The van der Waals surface area contributed by atoms with Crippen molar-refractivity contribution in [3.8, 4) is 0 Å². The Labute approximate surface area is 167 Å². The molecule has 140 valence electrons. The molecule has 3 aromatic rings. The van der Waals surface area contributed by atoms with Crippen molar-refractivity contribution in [3.63, 3.8) is 0 Å². The Balaban J connectivity index is 0.00000243. The number of fused-ring (bicyclic) bond motifs is 1. The molecule has 1 aromatic carbocycles. The molecule has 26 heavy (non-hydrogen) atoms. The zero-order valence-corrected chi connectivity index (χ0v) is 17.1. The van der Waals surface area contributed by atoms with Gasteiger partial charge in [-0.25, -0.2) is 4.98 Å². The average molecular weight is 415 g/mol. The predicted octanol–water partition coefficient (Wildman–Crippen LogP) is 4.27. The van der Waals surface area contributed by atoms with Crippen LogP contribution in [0, 0.1) is 6.92 Å². The van der Waals surface area contributed by atoms with E-state index in [1.807, 2.05) is 26.2 Å². The van der Waals surface area contributed by atoms with Gasteiger partial charge in [0.25, 0.3) is 5.91 Å². The second kappa shape index (κ2) is 8.81. The molecule has 0 aliphatic heterocycles. The summed E-state index contributed by atoms with van der Waals surface area (Å²) in [4.78, 5) is 21.2. The number of benzene rings is 1. The molecule has 0 N–H and O–H groups in total. The van der Waals surface area contributed by atoms with Crippen molar-refractivity contribution in [3.05, 3.63) is 40.7 Å². The molecule has 2 heterocycles. The molecule has 0 fully saturated rings. The summed E-state index contributed by atoms with van der Waals surface area (Å²) in [6, 6.07) is 7.16. The third kappa shape index (κ3) is 4.73. The first-order chi connectivity index (χ1) is 11.9. The van der Waals surface area contributed by atoms with Crippen LogP contribution in [-0.2, 0) is 0 Å². The van der Waals surface area contributed by atoms with Crippen molar-refractivity contribution in [2.45, 2.75) is 13.3 Å². The fourth-order valence-corrected chi connectivity index (χ4v) is 3.69. The second-order valence-corrected chi connectivity index (χ2v) is 7.50. The highest BCUT2D eigenvalue weighted by Gasteiger charge is 2.24. The van der Waals surface area contributed by atoms with Gasteiger partial charge < -0.3 is 9.42 Å². The molecular weight excluding hydrogens is 395 g/mol. The molecule has 0 atom stereocenters. The highest BCUT2D eigenvalue weighted by atomic mass is 35.5. The molecule has 6 nitrogen and oxygen atoms in total. The number of thiazole rings is 1. The van der Waals surface area contributed by atoms with E-state index in [9.17, 15) is 4.79 Å². The van der Waals surface area contributed by atoms with E-state index < -0.39 is 0 Å². The summed E-state index contributed by atoms with van der Waals surface area (Å²) in [7, 11) is 4.01. The maximum atomic E-state index is 12.9. The van der Waals surface area contributed by atoms with Crippen LogP contribution in [0.4, 0.5) is 5.13 Å². The lowest BCUT2D eigenvalue weighted by molar-refractivity contribution is 0.0950. The van der Waals surface area contributed by atoms with E-state index >= 15 is 0 Å². The molecule has 0 bridgehead atoms. The molecule has 0 unspecified atom stereocenters. The van der Waals surface area contributed by atoms with Gasteiger partial charge in [0, 0.05) is 17.6 Å². The maximum absolute atomic E-state index is 12.9. The van der Waals surface area contributed by atoms with E-state index in [0.717, 1.165) is 23.2 Å². The number of hydrogen-bond acceptors (Lipinski definition) is 6. The molecule has 9 heteroatoms. The fraction of sp³-hybridized carbons (Fsp3) is 0.353. The molecule has 2 aromatic heterocycles. The quantitative estimate of drug-likeness (QED) is 0.602. The number of hydrogen-bond donors (Lipinski definition) is 0. The summed E-state index contributed by atoms with van der Waals surface area (Å²) in [5, 5.41) is 5.10. The number of aryl methyl sites for hydroxylation is 1. The van der Waals surface area contributed by atoms with Crippen molar-refractivity contribution in [1.82, 2.24) is 15.0 Å². The van der Waals surface area contributed by atoms with E-state index in [-0.39, 0.29) is 24.1 Å². The first-order valence-electron chi connectivity index (χ1n) is 7.90. The number of nitrogens with zero attached hydrogens (tertiary/aromatic N) is 4. The van der Waals surface area contributed by atoms with Crippen LogP contribution in [0.25, 0.3) is 10.2 Å². The van der Waals surface area contributed by atoms with Crippen LogP contribution < -0.4 is 4.90 Å². The monoisotopic (exact) mass is 414 g/mol. The number of carbonyl (C=O) groups excluding carboxylic acids is 1. The average Bonchev–Trinajstić information content (AvgIpc) is 3.16. The standard InChI is InChI=1S/C17H19ClN4O2S.ClH/c1-11-9-14(24-20-11)16(23)22(8-4-7-21(2)3)17-19-13-6-5-12(18)10-15(13)25-17;/h5-6,9-10H,4,7-8H2,1-3H3;1H. The van der Waals surface area contributed by atoms with Crippen LogP contribution in [0.15, 0.2) is 28.8 Å². The smallest absolute Gasteiger partial charge is 0.298 e. The van der Waals surface area contributed by atoms with Crippen molar-refractivity contribution in [1.29, 1.82) is 0 Å². The zero-order valence-electron chi connectivity index (χ0n) is 14.7. The minimum atomic E-state index is -0.232. The lowest BCUT2D eigenvalue weighted by Gasteiger charge is -2.19. The predicted molar refractivity (Wildman–Crippen MR) is 108 cm³/mol. The van der Waals surface area contributed by atoms with Gasteiger partial charge >= 0.3 is 0 Å². The van der Waals surface area contributed by atoms with Gasteiger partial charge in [0.2, 0.25) is 5.76 Å². The van der Waals surface area contributed by atoms with Crippen LogP contribution in [-0.4, -0.2) is 48.1 Å². The maximum Gasteiger partial charge on any atom is 0.298 e. The lowest BCUT2D eigenvalue weighted by Crippen LogP contribution is -2.33. The number of halogens is 2. The molecule has 0 aliphatic carbocycles. The van der Waals surface area contributed by atoms with Crippen LogP contribution in [0.5, 0.6) is 0 Å². The summed E-state index contributed by atoms with van der Waals surface area (Å²) >= 11 is 7.50. The van der Waals surface area contributed by atoms with Crippen LogP contribution >= 0.6 is 35.3 Å². The molecule has 0 saturated heterocycles. The Morgan fingerprint density at radius 2 is 2.04 bits per heavy atom. The molecule has 0 aliphatic rings. The molecule has 3 rings (SSSR count). The Morgan fingerprint density at radius 1 is 1.27 bits per heavy atom.